The third kappa shape index (κ3) is 2.95. The molecule has 6 nitrogen and oxygen atoms in total. The summed E-state index contributed by atoms with van der Waals surface area (Å²) in [5, 5.41) is 9.12. The number of hydrogen-bond acceptors (Lipinski definition) is 4. The van der Waals surface area contributed by atoms with Crippen molar-refractivity contribution in [3.63, 3.8) is 0 Å². The highest BCUT2D eigenvalue weighted by Crippen LogP contribution is 2.31. The predicted molar refractivity (Wildman–Crippen MR) is 97.4 cm³/mol. The van der Waals surface area contributed by atoms with Crippen LogP contribution in [0.15, 0.2) is 12.3 Å². The number of rotatable bonds is 5. The van der Waals surface area contributed by atoms with Gasteiger partial charge in [-0.2, -0.15) is 10.2 Å². The minimum Gasteiger partial charge on any atom is -0.292 e. The number of fused-ring (bicyclic) bond motifs is 1. The van der Waals surface area contributed by atoms with Crippen molar-refractivity contribution in [1.29, 1.82) is 0 Å². The molecule has 25 heavy (non-hydrogen) atoms. The first kappa shape index (κ1) is 16.3. The molecule has 1 saturated carbocycles. The summed E-state index contributed by atoms with van der Waals surface area (Å²) < 4.78 is 3.94. The lowest BCUT2D eigenvalue weighted by atomic mass is 10.1. The standard InChI is InChI=1S/C19H26N6/c1-12-8-13(2)25-19(21-12)16(9-20-25)10-24(17-6-7-17)11-18-14(3)22-23(5)15(18)4/h8-9,17H,6-7,10-11H2,1-5H3. The third-order valence-electron chi connectivity index (χ3n) is 5.31. The number of nitrogens with zero attached hydrogens (tertiary/aromatic N) is 6. The van der Waals surface area contributed by atoms with Gasteiger partial charge in [-0.3, -0.25) is 9.58 Å². The van der Waals surface area contributed by atoms with E-state index in [0.717, 1.165) is 35.8 Å². The Bertz CT molecular complexity index is 931. The first-order valence-corrected chi connectivity index (χ1v) is 8.98. The van der Waals surface area contributed by atoms with Gasteiger partial charge in [0.1, 0.15) is 0 Å². The van der Waals surface area contributed by atoms with Gasteiger partial charge in [0.25, 0.3) is 0 Å². The van der Waals surface area contributed by atoms with Gasteiger partial charge in [0, 0.05) is 54.4 Å². The van der Waals surface area contributed by atoms with E-state index in [4.69, 9.17) is 4.98 Å². The zero-order valence-corrected chi connectivity index (χ0v) is 15.7. The highest BCUT2D eigenvalue weighted by molar-refractivity contribution is 5.48. The largest absolute Gasteiger partial charge is 0.292 e. The molecular formula is C19H26N6. The Morgan fingerprint density at radius 3 is 2.56 bits per heavy atom. The second-order valence-electron chi connectivity index (χ2n) is 7.35. The van der Waals surface area contributed by atoms with Gasteiger partial charge in [-0.15, -0.1) is 0 Å². The summed E-state index contributed by atoms with van der Waals surface area (Å²) in [5.41, 5.74) is 8.12. The van der Waals surface area contributed by atoms with E-state index in [9.17, 15) is 0 Å². The Morgan fingerprint density at radius 1 is 1.16 bits per heavy atom. The summed E-state index contributed by atoms with van der Waals surface area (Å²) in [6, 6.07) is 2.74. The first-order valence-electron chi connectivity index (χ1n) is 8.98. The number of aromatic nitrogens is 5. The molecule has 0 unspecified atom stereocenters. The highest BCUT2D eigenvalue weighted by atomic mass is 15.3. The first-order chi connectivity index (χ1) is 11.9. The SMILES string of the molecule is Cc1cc(C)n2ncc(CN(Cc3c(C)nn(C)c3C)C3CC3)c2n1. The highest BCUT2D eigenvalue weighted by Gasteiger charge is 2.31. The van der Waals surface area contributed by atoms with E-state index in [1.54, 1.807) is 0 Å². The van der Waals surface area contributed by atoms with Crippen LogP contribution in [-0.2, 0) is 20.1 Å². The maximum Gasteiger partial charge on any atom is 0.159 e. The second kappa shape index (κ2) is 5.95. The molecule has 3 heterocycles. The van der Waals surface area contributed by atoms with Crippen molar-refractivity contribution in [1.82, 2.24) is 29.3 Å². The Hall–Kier alpha value is -2.21. The molecule has 0 spiro atoms. The lowest BCUT2D eigenvalue weighted by molar-refractivity contribution is 0.245. The fourth-order valence-electron chi connectivity index (χ4n) is 3.65. The summed E-state index contributed by atoms with van der Waals surface area (Å²) >= 11 is 0. The van der Waals surface area contributed by atoms with Crippen LogP contribution in [0.3, 0.4) is 0 Å². The molecule has 1 fully saturated rings. The Balaban J connectivity index is 1.65. The molecular weight excluding hydrogens is 312 g/mol. The van der Waals surface area contributed by atoms with Crippen LogP contribution in [0.1, 0.15) is 46.7 Å². The van der Waals surface area contributed by atoms with E-state index in [-0.39, 0.29) is 0 Å². The van der Waals surface area contributed by atoms with E-state index in [0.29, 0.717) is 6.04 Å². The quantitative estimate of drug-likeness (QED) is 0.718. The third-order valence-corrected chi connectivity index (χ3v) is 5.31. The smallest absolute Gasteiger partial charge is 0.159 e. The van der Waals surface area contributed by atoms with Crippen molar-refractivity contribution in [2.24, 2.45) is 7.05 Å². The molecule has 3 aromatic heterocycles. The van der Waals surface area contributed by atoms with E-state index in [2.05, 4.69) is 41.9 Å². The maximum absolute atomic E-state index is 4.73. The average molecular weight is 338 g/mol. The van der Waals surface area contributed by atoms with Crippen LogP contribution < -0.4 is 0 Å². The Kier molecular flexibility index (Phi) is 3.87. The topological polar surface area (TPSA) is 51.2 Å². The molecule has 4 rings (SSSR count). The summed E-state index contributed by atoms with van der Waals surface area (Å²) in [5.74, 6) is 0. The fourth-order valence-corrected chi connectivity index (χ4v) is 3.65. The normalized spacial score (nSPS) is 14.8. The van der Waals surface area contributed by atoms with Gasteiger partial charge in [0.2, 0.25) is 0 Å². The van der Waals surface area contributed by atoms with Crippen LogP contribution in [0, 0.1) is 27.7 Å². The molecule has 0 N–H and O–H groups in total. The van der Waals surface area contributed by atoms with Crippen LogP contribution in [0.5, 0.6) is 0 Å². The lowest BCUT2D eigenvalue weighted by Crippen LogP contribution is -2.25. The summed E-state index contributed by atoms with van der Waals surface area (Å²) in [6.45, 7) is 10.2. The van der Waals surface area contributed by atoms with Crippen molar-refractivity contribution in [2.75, 3.05) is 0 Å². The van der Waals surface area contributed by atoms with Gasteiger partial charge in [0.15, 0.2) is 5.65 Å². The molecule has 0 amide bonds. The molecule has 3 aromatic rings. The van der Waals surface area contributed by atoms with E-state index in [1.807, 2.05) is 29.4 Å². The van der Waals surface area contributed by atoms with E-state index >= 15 is 0 Å². The molecule has 0 radical (unpaired) electrons. The van der Waals surface area contributed by atoms with Crippen LogP contribution in [0.2, 0.25) is 0 Å². The summed E-state index contributed by atoms with van der Waals surface area (Å²) in [6.07, 6.45) is 4.54. The second-order valence-corrected chi connectivity index (χ2v) is 7.35. The Morgan fingerprint density at radius 2 is 1.92 bits per heavy atom. The van der Waals surface area contributed by atoms with Crippen LogP contribution in [-0.4, -0.2) is 35.3 Å². The van der Waals surface area contributed by atoms with Gasteiger partial charge in [-0.05, 0) is 46.6 Å². The average Bonchev–Trinajstić information content (AvgIpc) is 3.28. The van der Waals surface area contributed by atoms with Crippen molar-refractivity contribution >= 4 is 5.65 Å². The number of hydrogen-bond donors (Lipinski definition) is 0. The number of aryl methyl sites for hydroxylation is 4. The zero-order valence-electron chi connectivity index (χ0n) is 15.7. The Labute approximate surface area is 148 Å². The van der Waals surface area contributed by atoms with Crippen molar-refractivity contribution in [3.05, 3.63) is 46.2 Å². The summed E-state index contributed by atoms with van der Waals surface area (Å²) in [4.78, 5) is 7.30. The van der Waals surface area contributed by atoms with Gasteiger partial charge in [0.05, 0.1) is 11.9 Å². The minimum absolute atomic E-state index is 0.667. The molecule has 1 aliphatic carbocycles. The van der Waals surface area contributed by atoms with Gasteiger partial charge in [-0.25, -0.2) is 9.50 Å². The van der Waals surface area contributed by atoms with E-state index in [1.165, 1.54) is 29.7 Å². The molecule has 0 atom stereocenters. The van der Waals surface area contributed by atoms with Crippen molar-refractivity contribution < 1.29 is 0 Å². The van der Waals surface area contributed by atoms with Crippen LogP contribution in [0.4, 0.5) is 0 Å². The molecule has 0 aliphatic heterocycles. The van der Waals surface area contributed by atoms with Crippen LogP contribution >= 0.6 is 0 Å². The van der Waals surface area contributed by atoms with Crippen molar-refractivity contribution in [2.45, 2.75) is 59.7 Å². The monoisotopic (exact) mass is 338 g/mol. The fraction of sp³-hybridized carbons (Fsp3) is 0.526. The van der Waals surface area contributed by atoms with E-state index < -0.39 is 0 Å². The molecule has 0 bridgehead atoms. The summed E-state index contributed by atoms with van der Waals surface area (Å²) in [7, 11) is 2.02. The lowest BCUT2D eigenvalue weighted by Gasteiger charge is -2.21. The zero-order chi connectivity index (χ0) is 17.7. The molecule has 1 aliphatic rings. The van der Waals surface area contributed by atoms with Gasteiger partial charge < -0.3 is 0 Å². The van der Waals surface area contributed by atoms with Gasteiger partial charge in [-0.1, -0.05) is 0 Å². The van der Waals surface area contributed by atoms with Crippen LogP contribution in [0.25, 0.3) is 5.65 Å². The molecule has 132 valence electrons. The van der Waals surface area contributed by atoms with Crippen molar-refractivity contribution in [3.8, 4) is 0 Å². The molecule has 0 aromatic carbocycles. The maximum atomic E-state index is 4.73. The molecule has 6 heteroatoms. The van der Waals surface area contributed by atoms with Gasteiger partial charge >= 0.3 is 0 Å². The minimum atomic E-state index is 0.667. The predicted octanol–water partition coefficient (Wildman–Crippen LogP) is 2.86. The molecule has 0 saturated heterocycles.